The number of aryl methyl sites for hydroxylation is 3. The molecule has 0 amide bonds. The maximum absolute atomic E-state index is 13.2. The first-order valence-corrected chi connectivity index (χ1v) is 31.8. The van der Waals surface area contributed by atoms with E-state index in [0.29, 0.717) is 28.5 Å². The van der Waals surface area contributed by atoms with Crippen LogP contribution in [0.5, 0.6) is 17.2 Å². The molecule has 2 N–H and O–H groups in total. The van der Waals surface area contributed by atoms with Crippen molar-refractivity contribution in [2.24, 2.45) is 11.3 Å². The minimum Gasteiger partial charge on any atom is -0.437 e. The van der Waals surface area contributed by atoms with Gasteiger partial charge in [-0.3, -0.25) is 0 Å². The van der Waals surface area contributed by atoms with Gasteiger partial charge in [-0.25, -0.2) is 9.59 Å². The number of rotatable bonds is 19. The highest BCUT2D eigenvalue weighted by atomic mass is 28.5. The van der Waals surface area contributed by atoms with Gasteiger partial charge in [-0.1, -0.05) is 75.4 Å². The molecule has 1 aliphatic rings. The molecule has 0 aromatic heterocycles. The molecule has 2 atom stereocenters. The first-order valence-electron chi connectivity index (χ1n) is 22.8. The molecule has 0 bridgehead atoms. The van der Waals surface area contributed by atoms with E-state index in [4.69, 9.17) is 22.4 Å². The molecule has 1 fully saturated rings. The standard InChI is InChI=1S/C51H72O10Si3/c1-37-31-44(51(43-19-13-12-14-20-43)28-27-50(3,4)38(2)34-51)23-26-45(37)57-49(55)59-47-25-22-40(33-42(47)36-53)18-16-30-63(8,9)61-64(10,11)60-62(6,7)29-15-17-39-21-24-46(41(32-39)35-52)58-48(54)56-5/h12-14,19-26,31-33,38,52-53H,15-18,27-30,34-36H2,1-11H3. The minimum absolute atomic E-state index is 0.119. The van der Waals surface area contributed by atoms with Crippen molar-refractivity contribution in [3.8, 4) is 17.2 Å². The number of benzene rings is 4. The predicted octanol–water partition coefficient (Wildman–Crippen LogP) is 12.5. The molecule has 10 nitrogen and oxygen atoms in total. The molecule has 2 unspecified atom stereocenters. The SMILES string of the molecule is COC(=O)Oc1ccc(CCC[Si](C)(C)O[Si](C)(C)O[Si](C)(C)CCCc2ccc(OC(=O)Oc3ccc(C4(c5ccccc5)CCC(C)(C)C(C)C4)cc3C)c(CO)c2)cc1CO. The van der Waals surface area contributed by atoms with Crippen LogP contribution in [0.2, 0.25) is 51.4 Å². The van der Waals surface area contributed by atoms with Crippen LogP contribution in [0.3, 0.4) is 0 Å². The number of aliphatic hydroxyl groups excluding tert-OH is 2. The van der Waals surface area contributed by atoms with Crippen molar-refractivity contribution in [2.45, 2.75) is 143 Å². The van der Waals surface area contributed by atoms with Gasteiger partial charge in [-0.2, -0.15) is 0 Å². The average molecular weight is 929 g/mol. The van der Waals surface area contributed by atoms with E-state index in [2.05, 4.69) is 107 Å². The van der Waals surface area contributed by atoms with Crippen molar-refractivity contribution in [3.05, 3.63) is 124 Å². The topological polar surface area (TPSA) is 130 Å². The number of aliphatic hydroxyl groups is 2. The molecule has 348 valence electrons. The fourth-order valence-corrected chi connectivity index (χ4v) is 23.5. The van der Waals surface area contributed by atoms with Crippen molar-refractivity contribution < 1.29 is 47.0 Å². The van der Waals surface area contributed by atoms with Crippen LogP contribution in [-0.4, -0.2) is 54.8 Å². The van der Waals surface area contributed by atoms with Crippen LogP contribution < -0.4 is 14.2 Å². The number of methoxy groups -OCH3 is 1. The van der Waals surface area contributed by atoms with Gasteiger partial charge in [0.1, 0.15) is 17.2 Å². The number of hydrogen-bond donors (Lipinski definition) is 2. The van der Waals surface area contributed by atoms with E-state index in [0.717, 1.165) is 73.7 Å². The number of carbonyl (C=O) groups excluding carboxylic acids is 2. The lowest BCUT2D eigenvalue weighted by Gasteiger charge is -2.48. The van der Waals surface area contributed by atoms with Crippen molar-refractivity contribution in [3.63, 3.8) is 0 Å². The van der Waals surface area contributed by atoms with E-state index in [1.165, 1.54) is 18.2 Å². The second-order valence-electron chi connectivity index (χ2n) is 20.1. The Labute approximate surface area is 385 Å². The summed E-state index contributed by atoms with van der Waals surface area (Å²) in [5.74, 6) is 1.55. The molecule has 64 heavy (non-hydrogen) atoms. The Morgan fingerprint density at radius 1 is 0.656 bits per heavy atom. The van der Waals surface area contributed by atoms with Crippen LogP contribution >= 0.6 is 0 Å². The molecular formula is C51H72O10Si3. The van der Waals surface area contributed by atoms with E-state index < -0.39 is 37.5 Å². The highest BCUT2D eigenvalue weighted by Crippen LogP contribution is 2.53. The van der Waals surface area contributed by atoms with Gasteiger partial charge in [0.05, 0.1) is 20.3 Å². The minimum atomic E-state index is -2.44. The molecular weight excluding hydrogens is 857 g/mol. The second kappa shape index (κ2) is 21.5. The number of ether oxygens (including phenoxy) is 4. The lowest BCUT2D eigenvalue weighted by molar-refractivity contribution is 0.107. The third kappa shape index (κ3) is 13.7. The molecule has 0 saturated heterocycles. The van der Waals surface area contributed by atoms with Crippen LogP contribution in [0.4, 0.5) is 9.59 Å². The first kappa shape index (κ1) is 50.9. The Morgan fingerprint density at radius 2 is 1.16 bits per heavy atom. The number of hydrogen-bond acceptors (Lipinski definition) is 10. The molecule has 0 aliphatic heterocycles. The lowest BCUT2D eigenvalue weighted by Crippen LogP contribution is -2.52. The fourth-order valence-electron chi connectivity index (χ4n) is 9.44. The van der Waals surface area contributed by atoms with Crippen LogP contribution in [0, 0.1) is 18.3 Å². The third-order valence-electron chi connectivity index (χ3n) is 13.1. The second-order valence-corrected chi connectivity index (χ2v) is 32.5. The van der Waals surface area contributed by atoms with E-state index >= 15 is 0 Å². The maximum atomic E-state index is 13.2. The summed E-state index contributed by atoms with van der Waals surface area (Å²) in [4.78, 5) is 24.7. The lowest BCUT2D eigenvalue weighted by atomic mass is 9.55. The highest BCUT2D eigenvalue weighted by Gasteiger charge is 2.45. The quantitative estimate of drug-likeness (QED) is 0.0532. The van der Waals surface area contributed by atoms with Gasteiger partial charge in [0, 0.05) is 16.5 Å². The Morgan fingerprint density at radius 3 is 1.64 bits per heavy atom. The molecule has 0 spiro atoms. The molecule has 4 aromatic carbocycles. The number of carbonyl (C=O) groups is 2. The van der Waals surface area contributed by atoms with E-state index in [-0.39, 0.29) is 29.8 Å². The zero-order chi connectivity index (χ0) is 46.9. The summed E-state index contributed by atoms with van der Waals surface area (Å²) in [6.07, 6.45) is 5.00. The van der Waals surface area contributed by atoms with Gasteiger partial charge in [-0.05, 0) is 173 Å². The summed E-state index contributed by atoms with van der Waals surface area (Å²) in [6.45, 7) is 21.9. The summed E-state index contributed by atoms with van der Waals surface area (Å²) >= 11 is 0. The van der Waals surface area contributed by atoms with Crippen LogP contribution in [0.1, 0.15) is 91.8 Å². The summed E-state index contributed by atoms with van der Waals surface area (Å²) in [7, 11) is -5.35. The van der Waals surface area contributed by atoms with Crippen molar-refractivity contribution in [2.75, 3.05) is 7.11 Å². The third-order valence-corrected chi connectivity index (χ3v) is 24.6. The predicted molar refractivity (Wildman–Crippen MR) is 260 cm³/mol. The Kier molecular flexibility index (Phi) is 17.1. The van der Waals surface area contributed by atoms with E-state index in [1.54, 1.807) is 12.1 Å². The molecule has 0 radical (unpaired) electrons. The van der Waals surface area contributed by atoms with Crippen molar-refractivity contribution in [1.29, 1.82) is 0 Å². The summed E-state index contributed by atoms with van der Waals surface area (Å²) in [5.41, 5.74) is 6.75. The van der Waals surface area contributed by atoms with Crippen LogP contribution in [0.25, 0.3) is 0 Å². The van der Waals surface area contributed by atoms with Gasteiger partial charge >= 0.3 is 20.9 Å². The summed E-state index contributed by atoms with van der Waals surface area (Å²) < 4.78 is 34.9. The zero-order valence-electron chi connectivity index (χ0n) is 40.1. The van der Waals surface area contributed by atoms with Gasteiger partial charge in [-0.15, -0.1) is 0 Å². The van der Waals surface area contributed by atoms with Gasteiger partial charge in [0.2, 0.25) is 0 Å². The maximum Gasteiger partial charge on any atom is 0.519 e. The Hall–Kier alpha value is -4.09. The summed E-state index contributed by atoms with van der Waals surface area (Å²) in [6, 6.07) is 29.9. The molecule has 5 rings (SSSR count). The highest BCUT2D eigenvalue weighted by molar-refractivity contribution is 6.87. The van der Waals surface area contributed by atoms with Crippen LogP contribution in [-0.2, 0) is 44.4 Å². The molecule has 4 aromatic rings. The fraction of sp³-hybridized carbons (Fsp3) is 0.490. The molecule has 13 heteroatoms. The van der Waals surface area contributed by atoms with Crippen LogP contribution in [0.15, 0.2) is 84.9 Å². The Bertz CT molecular complexity index is 2210. The molecule has 1 saturated carbocycles. The van der Waals surface area contributed by atoms with Gasteiger partial charge in [0.25, 0.3) is 0 Å². The molecule has 1 aliphatic carbocycles. The van der Waals surface area contributed by atoms with Crippen molar-refractivity contribution >= 4 is 37.5 Å². The largest absolute Gasteiger partial charge is 0.519 e. The monoisotopic (exact) mass is 928 g/mol. The van der Waals surface area contributed by atoms with Crippen molar-refractivity contribution in [1.82, 2.24) is 0 Å². The van der Waals surface area contributed by atoms with Gasteiger partial charge in [0.15, 0.2) is 16.6 Å². The van der Waals surface area contributed by atoms with Gasteiger partial charge < -0.3 is 37.4 Å². The summed E-state index contributed by atoms with van der Waals surface area (Å²) in [5, 5.41) is 20.1. The zero-order valence-corrected chi connectivity index (χ0v) is 43.1. The molecule has 0 heterocycles. The normalized spacial score (nSPS) is 17.7. The van der Waals surface area contributed by atoms with E-state index in [1.807, 2.05) is 37.3 Å². The smallest absolute Gasteiger partial charge is 0.437 e. The first-order chi connectivity index (χ1) is 30.1. The Balaban J connectivity index is 1.11. The average Bonchev–Trinajstić information content (AvgIpc) is 3.22. The van der Waals surface area contributed by atoms with E-state index in [9.17, 15) is 19.8 Å².